The number of aromatic nitrogens is 1. The van der Waals surface area contributed by atoms with E-state index in [4.69, 9.17) is 9.15 Å². The molecule has 0 spiro atoms. The van der Waals surface area contributed by atoms with Gasteiger partial charge in [-0.3, -0.25) is 4.79 Å². The largest absolute Gasteiger partial charge is 0.493 e. The van der Waals surface area contributed by atoms with E-state index in [1.165, 1.54) is 0 Å². The first-order chi connectivity index (χ1) is 11.5. The highest BCUT2D eigenvalue weighted by molar-refractivity contribution is 7.09. The van der Waals surface area contributed by atoms with Crippen molar-refractivity contribution in [3.05, 3.63) is 45.6 Å². The van der Waals surface area contributed by atoms with E-state index in [1.54, 1.807) is 18.4 Å². The molecular formula is C18H20N2O3S. The minimum absolute atomic E-state index is 0.177. The highest BCUT2D eigenvalue weighted by atomic mass is 32.1. The van der Waals surface area contributed by atoms with Gasteiger partial charge in [-0.05, 0) is 26.3 Å². The number of ether oxygens (including phenoxy) is 1. The number of rotatable bonds is 5. The third-order valence-corrected chi connectivity index (χ3v) is 5.03. The van der Waals surface area contributed by atoms with Crippen molar-refractivity contribution in [2.75, 3.05) is 7.11 Å². The van der Waals surface area contributed by atoms with Crippen LogP contribution in [0.4, 0.5) is 0 Å². The Morgan fingerprint density at radius 3 is 2.92 bits per heavy atom. The highest BCUT2D eigenvalue weighted by Gasteiger charge is 2.22. The lowest BCUT2D eigenvalue weighted by Gasteiger charge is -2.10. The van der Waals surface area contributed by atoms with E-state index in [9.17, 15) is 4.79 Å². The topological polar surface area (TPSA) is 64.4 Å². The van der Waals surface area contributed by atoms with E-state index in [1.807, 2.05) is 37.4 Å². The van der Waals surface area contributed by atoms with Crippen LogP contribution < -0.4 is 10.1 Å². The Kier molecular flexibility index (Phi) is 4.57. The average Bonchev–Trinajstić information content (AvgIpc) is 3.19. The van der Waals surface area contributed by atoms with Crippen LogP contribution in [0.5, 0.6) is 5.75 Å². The van der Waals surface area contributed by atoms with E-state index in [0.29, 0.717) is 17.1 Å². The first kappa shape index (κ1) is 16.5. The van der Waals surface area contributed by atoms with Gasteiger partial charge in [0.2, 0.25) is 0 Å². The van der Waals surface area contributed by atoms with Gasteiger partial charge in [-0.1, -0.05) is 19.1 Å². The molecule has 0 aliphatic rings. The second-order valence-corrected chi connectivity index (χ2v) is 6.55. The molecule has 0 saturated heterocycles. The number of nitrogens with zero attached hydrogens (tertiary/aromatic N) is 1. The SMILES string of the molecule is CCc1nc(C(C)NC(=O)c2oc3c(OC)cccc3c2C)cs1. The van der Waals surface area contributed by atoms with Crippen molar-refractivity contribution in [2.45, 2.75) is 33.2 Å². The number of aryl methyl sites for hydroxylation is 2. The standard InChI is InChI=1S/C18H20N2O3S/c1-5-15-20-13(9-24-15)11(3)19-18(21)16-10(2)12-7-6-8-14(22-4)17(12)23-16/h6-9,11H,5H2,1-4H3,(H,19,21). The Hall–Kier alpha value is -2.34. The number of furan rings is 1. The molecule has 5 nitrogen and oxygen atoms in total. The number of carbonyl (C=O) groups is 1. The van der Waals surface area contributed by atoms with Crippen LogP contribution in [0.3, 0.4) is 0 Å². The summed E-state index contributed by atoms with van der Waals surface area (Å²) in [7, 11) is 1.59. The molecule has 1 unspecified atom stereocenters. The summed E-state index contributed by atoms with van der Waals surface area (Å²) in [5.41, 5.74) is 2.27. The molecule has 3 aromatic rings. The third kappa shape index (κ3) is 2.89. The molecule has 0 fully saturated rings. The van der Waals surface area contributed by atoms with Crippen LogP contribution in [0.2, 0.25) is 0 Å². The molecule has 1 atom stereocenters. The first-order valence-electron chi connectivity index (χ1n) is 7.86. The molecular weight excluding hydrogens is 324 g/mol. The van der Waals surface area contributed by atoms with Gasteiger partial charge in [0.25, 0.3) is 5.91 Å². The molecule has 0 saturated carbocycles. The number of thiazole rings is 1. The summed E-state index contributed by atoms with van der Waals surface area (Å²) >= 11 is 1.61. The van der Waals surface area contributed by atoms with Gasteiger partial charge >= 0.3 is 0 Å². The van der Waals surface area contributed by atoms with Gasteiger partial charge in [0, 0.05) is 16.3 Å². The van der Waals surface area contributed by atoms with Gasteiger partial charge in [-0.15, -0.1) is 11.3 Å². The molecule has 0 aliphatic carbocycles. The fourth-order valence-corrected chi connectivity index (χ4v) is 3.46. The summed E-state index contributed by atoms with van der Waals surface area (Å²) in [4.78, 5) is 17.1. The summed E-state index contributed by atoms with van der Waals surface area (Å²) in [5.74, 6) is 0.686. The fourth-order valence-electron chi connectivity index (χ4n) is 2.62. The minimum Gasteiger partial charge on any atom is -0.493 e. The summed E-state index contributed by atoms with van der Waals surface area (Å²) in [6, 6.07) is 5.45. The zero-order chi connectivity index (χ0) is 17.3. The Morgan fingerprint density at radius 2 is 2.25 bits per heavy atom. The summed E-state index contributed by atoms with van der Waals surface area (Å²) in [6.45, 7) is 5.87. The smallest absolute Gasteiger partial charge is 0.287 e. The predicted octanol–water partition coefficient (Wildman–Crippen LogP) is 4.26. The normalized spacial score (nSPS) is 12.3. The Bertz CT molecular complexity index is 882. The molecule has 0 aliphatic heterocycles. The Morgan fingerprint density at radius 1 is 1.46 bits per heavy atom. The minimum atomic E-state index is -0.246. The van der Waals surface area contributed by atoms with Crippen LogP contribution in [0.15, 0.2) is 28.0 Å². The molecule has 1 amide bonds. The fraction of sp³-hybridized carbons (Fsp3) is 0.333. The number of methoxy groups -OCH3 is 1. The van der Waals surface area contributed by atoms with E-state index >= 15 is 0 Å². The molecule has 2 aromatic heterocycles. The van der Waals surface area contributed by atoms with E-state index in [0.717, 1.165) is 28.1 Å². The molecule has 2 heterocycles. The van der Waals surface area contributed by atoms with Gasteiger partial charge in [0.1, 0.15) is 0 Å². The van der Waals surface area contributed by atoms with Crippen molar-refractivity contribution in [3.63, 3.8) is 0 Å². The zero-order valence-corrected chi connectivity index (χ0v) is 15.0. The average molecular weight is 344 g/mol. The van der Waals surface area contributed by atoms with Gasteiger partial charge in [0.05, 0.1) is 23.9 Å². The van der Waals surface area contributed by atoms with Crippen molar-refractivity contribution in [1.29, 1.82) is 0 Å². The maximum atomic E-state index is 12.6. The highest BCUT2D eigenvalue weighted by Crippen LogP contribution is 2.32. The molecule has 1 aromatic carbocycles. The van der Waals surface area contributed by atoms with Crippen LogP contribution in [0.25, 0.3) is 11.0 Å². The number of fused-ring (bicyclic) bond motifs is 1. The van der Waals surface area contributed by atoms with Crippen LogP contribution >= 0.6 is 11.3 Å². The van der Waals surface area contributed by atoms with Crippen LogP contribution in [0.1, 0.15) is 46.7 Å². The van der Waals surface area contributed by atoms with Crippen LogP contribution in [-0.4, -0.2) is 18.0 Å². The Balaban J connectivity index is 1.87. The summed E-state index contributed by atoms with van der Waals surface area (Å²) in [6.07, 6.45) is 0.897. The molecule has 126 valence electrons. The van der Waals surface area contributed by atoms with Gasteiger partial charge in [0.15, 0.2) is 17.1 Å². The maximum Gasteiger partial charge on any atom is 0.287 e. The van der Waals surface area contributed by atoms with Gasteiger partial charge < -0.3 is 14.5 Å². The number of benzene rings is 1. The quantitative estimate of drug-likeness (QED) is 0.751. The first-order valence-corrected chi connectivity index (χ1v) is 8.74. The number of hydrogen-bond donors (Lipinski definition) is 1. The molecule has 6 heteroatoms. The molecule has 3 rings (SSSR count). The van der Waals surface area contributed by atoms with Gasteiger partial charge in [-0.25, -0.2) is 4.98 Å². The zero-order valence-electron chi connectivity index (χ0n) is 14.2. The second kappa shape index (κ2) is 6.65. The number of para-hydroxylation sites is 1. The maximum absolute atomic E-state index is 12.6. The molecule has 0 radical (unpaired) electrons. The van der Waals surface area contributed by atoms with Crippen molar-refractivity contribution in [1.82, 2.24) is 10.3 Å². The van der Waals surface area contributed by atoms with Crippen LogP contribution in [-0.2, 0) is 6.42 Å². The number of hydrogen-bond acceptors (Lipinski definition) is 5. The lowest BCUT2D eigenvalue weighted by molar-refractivity contribution is 0.0912. The van der Waals surface area contributed by atoms with E-state index < -0.39 is 0 Å². The van der Waals surface area contributed by atoms with Crippen molar-refractivity contribution >= 4 is 28.2 Å². The molecule has 0 bridgehead atoms. The lowest BCUT2D eigenvalue weighted by Crippen LogP contribution is -2.27. The predicted molar refractivity (Wildman–Crippen MR) is 94.9 cm³/mol. The van der Waals surface area contributed by atoms with Crippen molar-refractivity contribution in [2.24, 2.45) is 0 Å². The summed E-state index contributed by atoms with van der Waals surface area (Å²) in [5, 5.41) is 6.89. The number of nitrogens with one attached hydrogen (secondary N) is 1. The Labute approximate surface area is 144 Å². The second-order valence-electron chi connectivity index (χ2n) is 5.61. The number of amides is 1. The lowest BCUT2D eigenvalue weighted by atomic mass is 10.1. The monoisotopic (exact) mass is 344 g/mol. The van der Waals surface area contributed by atoms with Crippen LogP contribution in [0, 0.1) is 6.92 Å². The summed E-state index contributed by atoms with van der Waals surface area (Å²) < 4.78 is 11.1. The van der Waals surface area contributed by atoms with Crippen molar-refractivity contribution in [3.8, 4) is 5.75 Å². The third-order valence-electron chi connectivity index (χ3n) is 4.02. The van der Waals surface area contributed by atoms with Crippen molar-refractivity contribution < 1.29 is 13.9 Å². The van der Waals surface area contributed by atoms with E-state index in [2.05, 4.69) is 17.2 Å². The van der Waals surface area contributed by atoms with E-state index in [-0.39, 0.29) is 11.9 Å². The molecule has 24 heavy (non-hydrogen) atoms. The van der Waals surface area contributed by atoms with Gasteiger partial charge in [-0.2, -0.15) is 0 Å². The number of carbonyl (C=O) groups excluding carboxylic acids is 1. The molecule has 1 N–H and O–H groups in total.